The third kappa shape index (κ3) is 7.35. The fourth-order valence-electron chi connectivity index (χ4n) is 6.88. The van der Waals surface area contributed by atoms with Crippen LogP contribution in [0.1, 0.15) is 17.5 Å². The van der Waals surface area contributed by atoms with E-state index in [9.17, 15) is 57.1 Å². The van der Waals surface area contributed by atoms with Gasteiger partial charge in [0.2, 0.25) is 0 Å². The van der Waals surface area contributed by atoms with Crippen molar-refractivity contribution < 1.29 is 79.4 Å². The van der Waals surface area contributed by atoms with E-state index >= 15 is 17.6 Å². The summed E-state index contributed by atoms with van der Waals surface area (Å²) in [4.78, 5) is 0. The molecule has 0 saturated heterocycles. The van der Waals surface area contributed by atoms with Gasteiger partial charge in [0.15, 0.2) is 0 Å². The second-order valence-electron chi connectivity index (χ2n) is 13.8. The van der Waals surface area contributed by atoms with Crippen LogP contribution in [0.4, 0.5) is 74.6 Å². The van der Waals surface area contributed by atoms with Crippen LogP contribution in [0.25, 0.3) is 21.5 Å². The molecule has 58 heavy (non-hydrogen) atoms. The average molecular weight is 909 g/mol. The van der Waals surface area contributed by atoms with Gasteiger partial charge >= 0.3 is 322 Å². The van der Waals surface area contributed by atoms with E-state index in [1.807, 2.05) is 0 Å². The number of benzene rings is 5. The van der Waals surface area contributed by atoms with Gasteiger partial charge in [0.25, 0.3) is 0 Å². The molecule has 0 saturated carbocycles. The van der Waals surface area contributed by atoms with Crippen LogP contribution >= 0.6 is 0 Å². The van der Waals surface area contributed by atoms with Crippen LogP contribution in [0, 0.1) is 0 Å². The molecule has 0 aliphatic rings. The maximum absolute atomic E-state index is 15.7. The van der Waals surface area contributed by atoms with E-state index in [0.29, 0.717) is 32.7 Å². The molecule has 0 aliphatic carbocycles. The van der Waals surface area contributed by atoms with Crippen molar-refractivity contribution >= 4 is 39.2 Å². The van der Waals surface area contributed by atoms with Crippen LogP contribution in [-0.4, -0.2) is 68.0 Å². The number of hydrogen-bond donors (Lipinski definition) is 0. The Morgan fingerprint density at radius 3 is 1.24 bits per heavy atom. The van der Waals surface area contributed by atoms with E-state index in [2.05, 4.69) is 0 Å². The Labute approximate surface area is 321 Å². The quantitative estimate of drug-likeness (QED) is 0.0751. The summed E-state index contributed by atoms with van der Waals surface area (Å²) in [6.45, 7) is 0. The van der Waals surface area contributed by atoms with Gasteiger partial charge in [0.05, 0.1) is 0 Å². The molecule has 5 aromatic carbocycles. The molecule has 314 valence electrons. The molecule has 0 unspecified atom stereocenters. The van der Waals surface area contributed by atoms with E-state index < -0.39 is 72.6 Å². The summed E-state index contributed by atoms with van der Waals surface area (Å²) < 4.78 is 247. The first kappa shape index (κ1) is 44.9. The van der Waals surface area contributed by atoms with E-state index in [0.717, 1.165) is 0 Å². The minimum absolute atomic E-state index is 0.0171. The predicted molar refractivity (Wildman–Crippen MR) is 184 cm³/mol. The third-order valence-corrected chi connectivity index (χ3v) is 20.4. The first-order valence-electron chi connectivity index (χ1n) is 16.9. The Morgan fingerprint density at radius 2 is 0.810 bits per heavy atom. The molecule has 0 fully saturated rings. The topological polar surface area (TPSA) is 9.23 Å². The van der Waals surface area contributed by atoms with E-state index in [-0.39, 0.29) is 20.7 Å². The molecular formula is C39H29F17GeO. The molecule has 0 spiro atoms. The van der Waals surface area contributed by atoms with Gasteiger partial charge in [-0.1, -0.05) is 0 Å². The van der Waals surface area contributed by atoms with Crippen molar-refractivity contribution in [2.45, 2.75) is 69.8 Å². The Balaban J connectivity index is 1.65. The van der Waals surface area contributed by atoms with Gasteiger partial charge in [-0.2, -0.15) is 0 Å². The summed E-state index contributed by atoms with van der Waals surface area (Å²) in [6, 6.07) is 28.9. The molecule has 0 amide bonds. The van der Waals surface area contributed by atoms with Crippen LogP contribution in [0.15, 0.2) is 109 Å². The number of rotatable bonds is 15. The Morgan fingerprint density at radius 1 is 0.431 bits per heavy atom. The van der Waals surface area contributed by atoms with Crippen molar-refractivity contribution in [2.75, 3.05) is 7.11 Å². The van der Waals surface area contributed by atoms with Gasteiger partial charge in [-0.3, -0.25) is 0 Å². The van der Waals surface area contributed by atoms with Crippen LogP contribution in [-0.2, 0) is 10.5 Å². The fourth-order valence-corrected chi connectivity index (χ4v) is 17.5. The minimum atomic E-state index is -8.69. The number of alkyl halides is 17. The molecule has 0 aliphatic heterocycles. The average Bonchev–Trinajstić information content (AvgIpc) is 3.16. The Bertz CT molecular complexity index is 2170. The number of methoxy groups -OCH3 is 1. The molecule has 0 bridgehead atoms. The van der Waals surface area contributed by atoms with E-state index in [4.69, 9.17) is 4.74 Å². The molecule has 0 heterocycles. The monoisotopic (exact) mass is 910 g/mol. The fraction of sp³-hybridized carbons (Fsp3) is 0.333. The molecule has 0 N–H and O–H groups in total. The third-order valence-electron chi connectivity index (χ3n) is 10.1. The van der Waals surface area contributed by atoms with Crippen molar-refractivity contribution in [1.29, 1.82) is 0 Å². The van der Waals surface area contributed by atoms with Crippen molar-refractivity contribution in [2.24, 2.45) is 0 Å². The Hall–Kier alpha value is -4.23. The summed E-state index contributed by atoms with van der Waals surface area (Å²) >= 11 is -4.93. The van der Waals surface area contributed by atoms with Crippen LogP contribution in [0.3, 0.4) is 0 Å². The van der Waals surface area contributed by atoms with Gasteiger partial charge < -0.3 is 0 Å². The SMILES string of the molecule is COc1cccc[c]1[Ge]([CH2]CC(F)(F)C(F)(F)C(F)(F)C(F)(F)C(F)(F)C(F)(F)C(F)(F)C(F)(F)F)([CH2]c1ccc2ccccc2c1)[CH2]c1ccc2ccccc2c1. The summed E-state index contributed by atoms with van der Waals surface area (Å²) in [5.41, 5.74) is 0.814. The summed E-state index contributed by atoms with van der Waals surface area (Å²) in [7, 11) is 1.17. The van der Waals surface area contributed by atoms with Crippen LogP contribution in [0.5, 0.6) is 5.75 Å². The van der Waals surface area contributed by atoms with Crippen LogP contribution in [0.2, 0.25) is 5.25 Å². The van der Waals surface area contributed by atoms with E-state index in [1.54, 1.807) is 84.9 Å². The first-order chi connectivity index (χ1) is 26.6. The molecule has 5 aromatic rings. The van der Waals surface area contributed by atoms with Crippen molar-refractivity contribution in [3.8, 4) is 5.75 Å². The Kier molecular flexibility index (Phi) is 11.7. The normalized spacial score (nSPS) is 14.3. The zero-order chi connectivity index (χ0) is 43.4. The van der Waals surface area contributed by atoms with Crippen molar-refractivity contribution in [3.05, 3.63) is 120 Å². The first-order valence-corrected chi connectivity index (χ1v) is 22.4. The summed E-state index contributed by atoms with van der Waals surface area (Å²) in [5, 5.41) is 1.01. The molecule has 0 radical (unpaired) electrons. The molecule has 1 nitrogen and oxygen atoms in total. The van der Waals surface area contributed by atoms with Gasteiger partial charge in [0, 0.05) is 0 Å². The zero-order valence-corrected chi connectivity index (χ0v) is 31.7. The van der Waals surface area contributed by atoms with Gasteiger partial charge in [-0.15, -0.1) is 0 Å². The van der Waals surface area contributed by atoms with Crippen molar-refractivity contribution in [3.63, 3.8) is 0 Å². The van der Waals surface area contributed by atoms with Gasteiger partial charge in [0.1, 0.15) is 0 Å². The van der Waals surface area contributed by atoms with Gasteiger partial charge in [-0.25, -0.2) is 0 Å². The second kappa shape index (κ2) is 15.1. The number of fused-ring (bicyclic) bond motifs is 2. The molecule has 0 atom stereocenters. The number of para-hydroxylation sites is 1. The number of hydrogen-bond acceptors (Lipinski definition) is 1. The zero-order valence-electron chi connectivity index (χ0n) is 29.6. The van der Waals surface area contributed by atoms with Crippen molar-refractivity contribution in [1.82, 2.24) is 0 Å². The standard InChI is InChI=1S/C39H29F17GeO/c1-58-31-13-7-6-12-30(31)57(22-24-14-16-26-8-2-4-10-28(26)20-24,23-25-15-17-27-9-3-5-11-29(27)21-25)19-18-32(40,41)33(42,43)34(44,45)35(46,47)36(48,49)37(50,51)38(52,53)39(54,55)56/h2-17,20-21H,18-19,22-23H2,1H3. The summed E-state index contributed by atoms with van der Waals surface area (Å²) in [5.74, 6) is -56.7. The predicted octanol–water partition coefficient (Wildman–Crippen LogP) is 12.6. The molecule has 5 rings (SSSR count). The molecular weight excluding hydrogens is 880 g/mol. The maximum atomic E-state index is 15.7. The summed E-state index contributed by atoms with van der Waals surface area (Å²) in [6.07, 6.45) is -10.3. The number of ether oxygens (including phenoxy) is 1. The van der Waals surface area contributed by atoms with Gasteiger partial charge in [-0.05, 0) is 0 Å². The van der Waals surface area contributed by atoms with Crippen LogP contribution < -0.4 is 9.13 Å². The number of halogens is 17. The molecule has 19 heteroatoms. The van der Waals surface area contributed by atoms with E-state index in [1.165, 1.54) is 31.4 Å². The second-order valence-corrected chi connectivity index (χ2v) is 22.9. The molecule has 0 aromatic heterocycles.